The van der Waals surface area contributed by atoms with E-state index in [-0.39, 0.29) is 12.5 Å². The fourth-order valence-corrected chi connectivity index (χ4v) is 3.15. The minimum atomic E-state index is -0.0335. The predicted molar refractivity (Wildman–Crippen MR) is 86.5 cm³/mol. The van der Waals surface area contributed by atoms with Crippen LogP contribution in [0.4, 0.5) is 0 Å². The average molecular weight is 308 g/mol. The van der Waals surface area contributed by atoms with Crippen LogP contribution in [0.2, 0.25) is 0 Å². The summed E-state index contributed by atoms with van der Waals surface area (Å²) in [7, 11) is 5.78. The molecule has 0 radical (unpaired) electrons. The van der Waals surface area contributed by atoms with E-state index in [1.807, 2.05) is 12.3 Å². The highest BCUT2D eigenvalue weighted by Crippen LogP contribution is 2.21. The minimum absolute atomic E-state index is 0.0335. The molecule has 2 rings (SSSR count). The lowest BCUT2D eigenvalue weighted by atomic mass is 9.90. The average Bonchev–Trinajstić information content (AvgIpc) is 2.99. The molecule has 0 aromatic carbocycles. The summed E-state index contributed by atoms with van der Waals surface area (Å²) in [6, 6.07) is 4.62. The molecule has 6 nitrogen and oxygen atoms in total. The molecule has 1 aromatic rings. The molecule has 0 aliphatic carbocycles. The van der Waals surface area contributed by atoms with Gasteiger partial charge in [-0.05, 0) is 45.1 Å². The molecule has 1 amide bonds. The number of rotatable bonds is 7. The van der Waals surface area contributed by atoms with Crippen molar-refractivity contribution in [2.45, 2.75) is 19.0 Å². The molecule has 1 aromatic heterocycles. The second kappa shape index (κ2) is 8.31. The van der Waals surface area contributed by atoms with E-state index >= 15 is 0 Å². The van der Waals surface area contributed by atoms with Crippen LogP contribution >= 0.6 is 0 Å². The maximum Gasteiger partial charge on any atom is 0.245 e. The largest absolute Gasteiger partial charge is 0.375 e. The van der Waals surface area contributed by atoms with E-state index < -0.39 is 0 Å². The zero-order valence-corrected chi connectivity index (χ0v) is 13.8. The highest BCUT2D eigenvalue weighted by atomic mass is 16.5. The molecule has 22 heavy (non-hydrogen) atoms. The number of nitrogens with one attached hydrogen (secondary N) is 2. The zero-order chi connectivity index (χ0) is 15.9. The Morgan fingerprint density at radius 2 is 2.36 bits per heavy atom. The first kappa shape index (κ1) is 17.0. The van der Waals surface area contributed by atoms with E-state index in [1.165, 1.54) is 5.69 Å². The summed E-state index contributed by atoms with van der Waals surface area (Å²) in [5.41, 5.74) is 1.25. The van der Waals surface area contributed by atoms with E-state index in [1.54, 1.807) is 7.11 Å². The van der Waals surface area contributed by atoms with Crippen molar-refractivity contribution in [3.8, 4) is 0 Å². The van der Waals surface area contributed by atoms with Gasteiger partial charge in [0, 0.05) is 44.7 Å². The zero-order valence-electron chi connectivity index (χ0n) is 13.8. The number of piperidine rings is 1. The first-order valence-corrected chi connectivity index (χ1v) is 7.87. The Hall–Kier alpha value is -1.37. The van der Waals surface area contributed by atoms with Crippen LogP contribution in [0.15, 0.2) is 18.3 Å². The summed E-state index contributed by atoms with van der Waals surface area (Å²) < 4.78 is 4.86. The van der Waals surface area contributed by atoms with Gasteiger partial charge in [0.2, 0.25) is 5.91 Å². The van der Waals surface area contributed by atoms with Crippen molar-refractivity contribution in [3.05, 3.63) is 24.0 Å². The van der Waals surface area contributed by atoms with E-state index in [9.17, 15) is 4.79 Å². The molecular formula is C16H28N4O2. The molecule has 6 heteroatoms. The Bertz CT molecular complexity index is 447. The van der Waals surface area contributed by atoms with E-state index in [0.717, 1.165) is 32.6 Å². The van der Waals surface area contributed by atoms with Gasteiger partial charge in [-0.1, -0.05) is 0 Å². The SMILES string of the molecule is COCC(=O)NC[C@H]1CCN(Cc2ccc[nH]2)C[C@H]1N(C)C. The van der Waals surface area contributed by atoms with Gasteiger partial charge in [-0.25, -0.2) is 0 Å². The Balaban J connectivity index is 1.86. The summed E-state index contributed by atoms with van der Waals surface area (Å²) in [5, 5.41) is 2.98. The summed E-state index contributed by atoms with van der Waals surface area (Å²) in [4.78, 5) is 19.6. The number of aromatic amines is 1. The van der Waals surface area contributed by atoms with Crippen LogP contribution in [0.5, 0.6) is 0 Å². The predicted octanol–water partition coefficient (Wildman–Crippen LogP) is 0.529. The molecule has 1 fully saturated rings. The Labute approximate surface area is 132 Å². The van der Waals surface area contributed by atoms with Gasteiger partial charge in [-0.2, -0.15) is 0 Å². The number of amides is 1. The van der Waals surface area contributed by atoms with Crippen molar-refractivity contribution < 1.29 is 9.53 Å². The number of hydrogen-bond donors (Lipinski definition) is 2. The van der Waals surface area contributed by atoms with Crippen LogP contribution in [0, 0.1) is 5.92 Å². The normalized spacial score (nSPS) is 22.9. The van der Waals surface area contributed by atoms with E-state index in [2.05, 4.69) is 40.3 Å². The molecule has 0 unspecified atom stereocenters. The van der Waals surface area contributed by atoms with Gasteiger partial charge in [-0.15, -0.1) is 0 Å². The maximum absolute atomic E-state index is 11.6. The van der Waals surface area contributed by atoms with Crippen LogP contribution < -0.4 is 5.32 Å². The molecule has 2 atom stereocenters. The van der Waals surface area contributed by atoms with Crippen molar-refractivity contribution in [2.75, 3.05) is 47.4 Å². The second-order valence-electron chi connectivity index (χ2n) is 6.25. The van der Waals surface area contributed by atoms with Gasteiger partial charge >= 0.3 is 0 Å². The van der Waals surface area contributed by atoms with Crippen molar-refractivity contribution in [3.63, 3.8) is 0 Å². The van der Waals surface area contributed by atoms with Gasteiger partial charge in [0.05, 0.1) is 0 Å². The standard InChI is InChI=1S/C16H28N4O2/c1-19(2)15-11-20(10-14-5-4-7-17-14)8-6-13(15)9-18-16(21)12-22-3/h4-5,7,13,15,17H,6,8-12H2,1-3H3,(H,18,21)/t13-,15-/m1/s1. The highest BCUT2D eigenvalue weighted by Gasteiger charge is 2.30. The first-order chi connectivity index (χ1) is 10.6. The van der Waals surface area contributed by atoms with Gasteiger partial charge in [0.15, 0.2) is 0 Å². The quantitative estimate of drug-likeness (QED) is 0.771. The molecule has 2 N–H and O–H groups in total. The minimum Gasteiger partial charge on any atom is -0.375 e. The third-order valence-corrected chi connectivity index (χ3v) is 4.36. The van der Waals surface area contributed by atoms with Crippen LogP contribution in [0.25, 0.3) is 0 Å². The number of carbonyl (C=O) groups excluding carboxylic acids is 1. The number of hydrogen-bond acceptors (Lipinski definition) is 4. The number of carbonyl (C=O) groups is 1. The van der Waals surface area contributed by atoms with Gasteiger partial charge in [0.25, 0.3) is 0 Å². The number of methoxy groups -OCH3 is 1. The second-order valence-corrected chi connectivity index (χ2v) is 6.25. The van der Waals surface area contributed by atoms with Crippen LogP contribution in [0.1, 0.15) is 12.1 Å². The highest BCUT2D eigenvalue weighted by molar-refractivity contribution is 5.77. The number of likely N-dealkylation sites (N-methyl/N-ethyl adjacent to an activating group) is 1. The molecule has 124 valence electrons. The molecule has 0 bridgehead atoms. The molecule has 1 aliphatic rings. The van der Waals surface area contributed by atoms with Crippen LogP contribution in [0.3, 0.4) is 0 Å². The van der Waals surface area contributed by atoms with Crippen molar-refractivity contribution in [1.29, 1.82) is 0 Å². The summed E-state index contributed by atoms with van der Waals surface area (Å²) in [6.07, 6.45) is 3.06. The number of H-pyrrole nitrogens is 1. The fraction of sp³-hybridized carbons (Fsp3) is 0.688. The molecule has 2 heterocycles. The number of nitrogens with zero attached hydrogens (tertiary/aromatic N) is 2. The Morgan fingerprint density at radius 1 is 1.55 bits per heavy atom. The molecule has 0 saturated carbocycles. The summed E-state index contributed by atoms with van der Waals surface area (Å²) in [6.45, 7) is 3.91. The van der Waals surface area contributed by atoms with Crippen LogP contribution in [-0.2, 0) is 16.1 Å². The third kappa shape index (κ3) is 4.83. The van der Waals surface area contributed by atoms with Crippen LogP contribution in [-0.4, -0.2) is 74.2 Å². The van der Waals surface area contributed by atoms with Crippen molar-refractivity contribution in [1.82, 2.24) is 20.1 Å². The topological polar surface area (TPSA) is 60.6 Å². The number of ether oxygens (including phenoxy) is 1. The van der Waals surface area contributed by atoms with Gasteiger partial charge in [-0.3, -0.25) is 9.69 Å². The Kier molecular flexibility index (Phi) is 6.42. The summed E-state index contributed by atoms with van der Waals surface area (Å²) >= 11 is 0. The smallest absolute Gasteiger partial charge is 0.245 e. The Morgan fingerprint density at radius 3 is 3.00 bits per heavy atom. The lowest BCUT2D eigenvalue weighted by Crippen LogP contribution is -2.53. The maximum atomic E-state index is 11.6. The van der Waals surface area contributed by atoms with Gasteiger partial charge in [0.1, 0.15) is 6.61 Å². The fourth-order valence-electron chi connectivity index (χ4n) is 3.15. The lowest BCUT2D eigenvalue weighted by molar-refractivity contribution is -0.125. The molecule has 1 aliphatic heterocycles. The monoisotopic (exact) mass is 308 g/mol. The van der Waals surface area contributed by atoms with Crippen molar-refractivity contribution >= 4 is 5.91 Å². The molecule has 0 spiro atoms. The van der Waals surface area contributed by atoms with E-state index in [0.29, 0.717) is 12.0 Å². The van der Waals surface area contributed by atoms with Crippen molar-refractivity contribution in [2.24, 2.45) is 5.92 Å². The number of likely N-dealkylation sites (tertiary alicyclic amines) is 1. The summed E-state index contributed by atoms with van der Waals surface area (Å²) in [5.74, 6) is 0.449. The molecular weight excluding hydrogens is 280 g/mol. The third-order valence-electron chi connectivity index (χ3n) is 4.36. The molecule has 1 saturated heterocycles. The lowest BCUT2D eigenvalue weighted by Gasteiger charge is -2.41. The first-order valence-electron chi connectivity index (χ1n) is 7.87. The van der Waals surface area contributed by atoms with E-state index in [4.69, 9.17) is 4.74 Å². The van der Waals surface area contributed by atoms with Gasteiger partial charge < -0.3 is 19.9 Å². The number of aromatic nitrogens is 1.